The SMILES string of the molecule is Fc1c(F)c(F)c([B-](c2c(F)c(F)c(F)c(F)c2F)(c2c(F)c(F)c(F)c(F)c2F)c2c(F)c(F)c(F)c(F)c2F)c(F)c1F.O=C(C[P+](c1ccccc1)(c1ccccc1)c1ccccc1)c1c(F)c(F)c(F)c(F)c1F. The van der Waals surface area contributed by atoms with E-state index in [2.05, 4.69) is 0 Å². The van der Waals surface area contributed by atoms with Gasteiger partial charge in [0.1, 0.15) is 82.0 Å². The van der Waals surface area contributed by atoms with E-state index in [0.29, 0.717) is 0 Å². The van der Waals surface area contributed by atoms with Gasteiger partial charge in [0.05, 0.1) is 5.56 Å². The predicted molar refractivity (Wildman–Crippen MR) is 230 cm³/mol. The van der Waals surface area contributed by atoms with Gasteiger partial charge in [-0.05, 0) is 36.4 Å². The average Bonchev–Trinajstić information content (AvgIpc) is 3.58. The summed E-state index contributed by atoms with van der Waals surface area (Å²) in [4.78, 5) is 13.3. The van der Waals surface area contributed by atoms with Crippen LogP contribution >= 0.6 is 7.26 Å². The van der Waals surface area contributed by atoms with Crippen LogP contribution in [0, 0.1) is 145 Å². The highest BCUT2D eigenvalue weighted by Crippen LogP contribution is 2.56. The number of halogens is 25. The minimum Gasteiger partial charge on any atom is -0.290 e. The summed E-state index contributed by atoms with van der Waals surface area (Å²) in [5, 5.41) is 2.21. The van der Waals surface area contributed by atoms with Crippen LogP contribution in [0.5, 0.6) is 0 Å². The second-order valence-corrected chi connectivity index (χ2v) is 19.6. The molecule has 28 heteroatoms. The van der Waals surface area contributed by atoms with Gasteiger partial charge < -0.3 is 0 Å². The average molecular weight is 1150 g/mol. The van der Waals surface area contributed by atoms with Gasteiger partial charge in [-0.25, -0.2) is 110 Å². The number of hydrogen-bond acceptors (Lipinski definition) is 1. The summed E-state index contributed by atoms with van der Waals surface area (Å²) in [7, 11) is -2.88. The first-order chi connectivity index (χ1) is 36.6. The molecule has 0 unspecified atom stereocenters. The number of Topliss-reactive ketones (excluding diaryl/α,β-unsaturated/α-hetero) is 1. The van der Waals surface area contributed by atoms with Crippen molar-refractivity contribution >= 4 is 57.0 Å². The highest BCUT2D eigenvalue weighted by Gasteiger charge is 2.53. The summed E-state index contributed by atoms with van der Waals surface area (Å²) in [5.74, 6) is -83.4. The molecule has 0 aliphatic heterocycles. The molecule has 0 N–H and O–H groups in total. The van der Waals surface area contributed by atoms with Gasteiger partial charge in [-0.2, -0.15) is 0 Å². The first-order valence-corrected chi connectivity index (χ1v) is 22.9. The van der Waals surface area contributed by atoms with E-state index >= 15 is 35.1 Å². The third-order valence-corrected chi connectivity index (χ3v) is 16.5. The van der Waals surface area contributed by atoms with Crippen molar-refractivity contribution in [3.63, 3.8) is 0 Å². The fraction of sp³-hybridized carbons (Fsp3) is 0.0200. The highest BCUT2D eigenvalue weighted by molar-refractivity contribution is 7.96. The van der Waals surface area contributed by atoms with Crippen LogP contribution < -0.4 is 37.8 Å². The molecule has 0 heterocycles. The zero-order chi connectivity index (χ0) is 57.9. The topological polar surface area (TPSA) is 17.1 Å². The molecule has 0 spiro atoms. The van der Waals surface area contributed by atoms with Crippen LogP contribution in [-0.2, 0) is 0 Å². The van der Waals surface area contributed by atoms with Gasteiger partial charge in [0, 0.05) is 0 Å². The number of carbonyl (C=O) groups excluding carboxylic acids is 1. The van der Waals surface area contributed by atoms with Crippen molar-refractivity contribution in [3.8, 4) is 0 Å². The number of hydrogen-bond donors (Lipinski definition) is 0. The molecule has 8 aromatic rings. The fourth-order valence-corrected chi connectivity index (χ4v) is 12.9. The molecule has 0 radical (unpaired) electrons. The van der Waals surface area contributed by atoms with E-state index in [1.165, 1.54) is 0 Å². The summed E-state index contributed by atoms with van der Waals surface area (Å²) >= 11 is 0. The lowest BCUT2D eigenvalue weighted by Gasteiger charge is -2.44. The quantitative estimate of drug-likeness (QED) is 0.0333. The molecule has 406 valence electrons. The van der Waals surface area contributed by atoms with E-state index in [4.69, 9.17) is 0 Å². The number of benzene rings is 8. The van der Waals surface area contributed by atoms with Gasteiger partial charge >= 0.3 is 0 Å². The Hall–Kier alpha value is -7.83. The second kappa shape index (κ2) is 21.5. The van der Waals surface area contributed by atoms with Crippen LogP contribution in [0.25, 0.3) is 0 Å². The number of rotatable bonds is 10. The van der Waals surface area contributed by atoms with Crippen molar-refractivity contribution < 1.29 is 115 Å². The number of ketones is 1. The van der Waals surface area contributed by atoms with Crippen LogP contribution in [0.2, 0.25) is 0 Å². The molecular formula is C50H17BF25OP. The number of carbonyl (C=O) groups is 1. The third kappa shape index (κ3) is 8.78. The summed E-state index contributed by atoms with van der Waals surface area (Å²) in [6.07, 6.45) is -7.67. The van der Waals surface area contributed by atoms with E-state index in [-0.39, 0.29) is 0 Å². The first kappa shape index (κ1) is 57.9. The highest BCUT2D eigenvalue weighted by atomic mass is 31.2. The van der Waals surface area contributed by atoms with E-state index in [0.717, 1.165) is 15.9 Å². The molecule has 8 rings (SSSR count). The van der Waals surface area contributed by atoms with Gasteiger partial charge in [0.2, 0.25) is 11.6 Å². The van der Waals surface area contributed by atoms with Crippen LogP contribution in [0.15, 0.2) is 91.0 Å². The molecule has 0 aliphatic carbocycles. The van der Waals surface area contributed by atoms with Crippen LogP contribution in [0.3, 0.4) is 0 Å². The lowest BCUT2D eigenvalue weighted by atomic mass is 9.12. The Morgan fingerprint density at radius 3 is 0.615 bits per heavy atom. The molecule has 0 amide bonds. The van der Waals surface area contributed by atoms with Gasteiger partial charge in [-0.1, -0.05) is 54.6 Å². The van der Waals surface area contributed by atoms with E-state index in [1.807, 2.05) is 0 Å². The maximum atomic E-state index is 15.4. The summed E-state index contributed by atoms with van der Waals surface area (Å²) < 4.78 is 364. The molecule has 1 nitrogen and oxygen atoms in total. The maximum Gasteiger partial charge on any atom is 0.207 e. The predicted octanol–water partition coefficient (Wildman–Crippen LogP) is 11.4. The molecule has 78 heavy (non-hydrogen) atoms. The normalized spacial score (nSPS) is 11.8. The lowest BCUT2D eigenvalue weighted by Crippen LogP contribution is -2.81. The Bertz CT molecular complexity index is 3230. The van der Waals surface area contributed by atoms with E-state index in [1.54, 1.807) is 91.0 Å². The summed E-state index contributed by atoms with van der Waals surface area (Å²) in [6.45, 7) is 0. The minimum atomic E-state index is -7.22. The zero-order valence-electron chi connectivity index (χ0n) is 37.2. The standard InChI is InChI=1S/C26H17F5OP.C24BF20/c27-22-21(23(28)25(30)26(31)24(22)29)20(32)16-33(17-10-4-1-5-11-17,18-12-6-2-7-13-18)19-14-8-3-9-15-19;26-5-1(6(27)14(35)21(42)13(5)34)25(2-7(28)15(36)22(43)16(37)8(2)29,3-9(30)17(38)23(44)18(39)10(3)31)4-11(32)19(40)24(45)20(41)12(4)33/h1-15H,16H2;/q+1;-1. The molecule has 0 saturated heterocycles. The van der Waals surface area contributed by atoms with Crippen molar-refractivity contribution in [2.24, 2.45) is 0 Å². The summed E-state index contributed by atoms with van der Waals surface area (Å²) in [6, 6.07) is 26.9. The van der Waals surface area contributed by atoms with E-state index < -0.39 is 198 Å². The molecular weight excluding hydrogens is 1130 g/mol. The zero-order valence-corrected chi connectivity index (χ0v) is 38.1. The minimum absolute atomic E-state index is 0.455. The van der Waals surface area contributed by atoms with Crippen molar-refractivity contribution in [2.45, 2.75) is 0 Å². The lowest BCUT2D eigenvalue weighted by molar-refractivity contribution is 0.101. The van der Waals surface area contributed by atoms with Crippen molar-refractivity contribution in [3.05, 3.63) is 242 Å². The molecule has 0 saturated carbocycles. The van der Waals surface area contributed by atoms with Crippen molar-refractivity contribution in [1.82, 2.24) is 0 Å². The Kier molecular flexibility index (Phi) is 16.0. The molecule has 0 fully saturated rings. The van der Waals surface area contributed by atoms with Gasteiger partial charge in [-0.15, -0.1) is 21.9 Å². The van der Waals surface area contributed by atoms with Crippen molar-refractivity contribution in [2.75, 3.05) is 6.16 Å². The van der Waals surface area contributed by atoms with Gasteiger partial charge in [0.25, 0.3) is 0 Å². The van der Waals surface area contributed by atoms with Crippen LogP contribution in [-0.4, -0.2) is 18.1 Å². The monoisotopic (exact) mass is 1150 g/mol. The van der Waals surface area contributed by atoms with Gasteiger partial charge in [-0.3, -0.25) is 4.79 Å². The van der Waals surface area contributed by atoms with Crippen LogP contribution in [0.1, 0.15) is 10.4 Å². The Morgan fingerprint density at radius 2 is 0.423 bits per heavy atom. The molecule has 0 aliphatic rings. The Morgan fingerprint density at radius 1 is 0.256 bits per heavy atom. The fourth-order valence-electron chi connectivity index (χ4n) is 8.79. The largest absolute Gasteiger partial charge is 0.290 e. The summed E-state index contributed by atoms with van der Waals surface area (Å²) in [5.41, 5.74) is -15.7. The second-order valence-electron chi connectivity index (χ2n) is 16.1. The first-order valence-electron chi connectivity index (χ1n) is 20.9. The smallest absolute Gasteiger partial charge is 0.207 e. The van der Waals surface area contributed by atoms with Gasteiger partial charge in [0.15, 0.2) is 93.1 Å². The molecule has 0 aromatic heterocycles. The molecule has 0 atom stereocenters. The molecule has 8 aromatic carbocycles. The van der Waals surface area contributed by atoms with Crippen molar-refractivity contribution in [1.29, 1.82) is 0 Å². The van der Waals surface area contributed by atoms with Crippen LogP contribution in [0.4, 0.5) is 110 Å². The maximum absolute atomic E-state index is 15.4. The molecule has 0 bridgehead atoms. The Balaban J connectivity index is 0.000000237. The van der Waals surface area contributed by atoms with E-state index in [9.17, 15) is 79.4 Å². The third-order valence-electron chi connectivity index (χ3n) is 12.2. The Labute approximate surface area is 419 Å².